The predicted molar refractivity (Wildman–Crippen MR) is 116 cm³/mol. The van der Waals surface area contributed by atoms with Crippen LogP contribution in [0.1, 0.15) is 36.0 Å². The monoisotopic (exact) mass is 438 g/mol. The first-order valence-electron chi connectivity index (χ1n) is 11.0. The van der Waals surface area contributed by atoms with Crippen LogP contribution in [0.25, 0.3) is 5.76 Å². The van der Waals surface area contributed by atoms with Crippen molar-refractivity contribution < 1.29 is 28.6 Å². The summed E-state index contributed by atoms with van der Waals surface area (Å²) in [6.07, 6.45) is 2.29. The third-order valence-electron chi connectivity index (χ3n) is 6.24. The number of nitrogens with zero attached hydrogens (tertiary/aromatic N) is 2. The number of carbonyl (C=O) groups excluding carboxylic acids is 2. The molecule has 1 unspecified atom stereocenters. The van der Waals surface area contributed by atoms with Crippen LogP contribution in [0.15, 0.2) is 40.3 Å². The fourth-order valence-corrected chi connectivity index (χ4v) is 4.61. The summed E-state index contributed by atoms with van der Waals surface area (Å²) in [6.45, 7) is 5.71. The first kappa shape index (κ1) is 20.6. The van der Waals surface area contributed by atoms with Gasteiger partial charge in [-0.15, -0.1) is 0 Å². The van der Waals surface area contributed by atoms with Crippen LogP contribution in [-0.4, -0.2) is 66.0 Å². The van der Waals surface area contributed by atoms with Gasteiger partial charge in [0.15, 0.2) is 11.5 Å². The smallest absolute Gasteiger partial charge is 0.295 e. The van der Waals surface area contributed by atoms with Crippen LogP contribution < -0.4 is 9.47 Å². The number of carbonyl (C=O) groups is 2. The van der Waals surface area contributed by atoms with Gasteiger partial charge in [0.05, 0.1) is 5.57 Å². The Morgan fingerprint density at radius 2 is 1.78 bits per heavy atom. The maximum atomic E-state index is 13.1. The molecule has 0 saturated carbocycles. The highest BCUT2D eigenvalue weighted by Crippen LogP contribution is 2.41. The number of amides is 1. The third kappa shape index (κ3) is 3.64. The molecular formula is C24H26N2O6. The average molecular weight is 438 g/mol. The van der Waals surface area contributed by atoms with Crippen molar-refractivity contribution in [3.63, 3.8) is 0 Å². The molecule has 3 aliphatic rings. The molecule has 4 heterocycles. The largest absolute Gasteiger partial charge is 0.507 e. The molecule has 1 amide bonds. The van der Waals surface area contributed by atoms with Crippen molar-refractivity contribution in [2.45, 2.75) is 25.8 Å². The Hall–Kier alpha value is -3.26. The summed E-state index contributed by atoms with van der Waals surface area (Å²) in [5.41, 5.74) is 0.419. The van der Waals surface area contributed by atoms with Crippen molar-refractivity contribution >= 4 is 17.4 Å². The molecule has 1 aromatic heterocycles. The molecule has 1 aromatic carbocycles. The molecule has 0 spiro atoms. The highest BCUT2D eigenvalue weighted by molar-refractivity contribution is 6.46. The molecule has 0 aliphatic carbocycles. The summed E-state index contributed by atoms with van der Waals surface area (Å²) in [5, 5.41) is 11.2. The third-order valence-corrected chi connectivity index (χ3v) is 6.24. The lowest BCUT2D eigenvalue weighted by Gasteiger charge is -2.26. The number of hydrogen-bond donors (Lipinski definition) is 1. The van der Waals surface area contributed by atoms with Crippen LogP contribution in [-0.2, 0) is 9.59 Å². The van der Waals surface area contributed by atoms with E-state index in [-0.39, 0.29) is 11.3 Å². The van der Waals surface area contributed by atoms with E-state index in [1.807, 2.05) is 0 Å². The summed E-state index contributed by atoms with van der Waals surface area (Å²) in [7, 11) is 0. The Kier molecular flexibility index (Phi) is 5.38. The maximum absolute atomic E-state index is 13.1. The zero-order chi connectivity index (χ0) is 22.2. The number of ketones is 1. The fourth-order valence-electron chi connectivity index (χ4n) is 4.61. The van der Waals surface area contributed by atoms with E-state index in [0.717, 1.165) is 25.9 Å². The first-order valence-corrected chi connectivity index (χ1v) is 11.0. The van der Waals surface area contributed by atoms with Crippen LogP contribution in [0.2, 0.25) is 0 Å². The van der Waals surface area contributed by atoms with Gasteiger partial charge in [0.1, 0.15) is 36.5 Å². The summed E-state index contributed by atoms with van der Waals surface area (Å²) in [4.78, 5) is 29.9. The Morgan fingerprint density at radius 1 is 1.03 bits per heavy atom. The normalized spacial score (nSPS) is 22.7. The maximum Gasteiger partial charge on any atom is 0.295 e. The van der Waals surface area contributed by atoms with Gasteiger partial charge in [-0.05, 0) is 63.2 Å². The number of Topliss-reactive ketones (excluding diaryl/α,β-unsaturated/α-hetero) is 1. The molecule has 2 saturated heterocycles. The quantitative estimate of drug-likeness (QED) is 0.436. The highest BCUT2D eigenvalue weighted by atomic mass is 16.6. The number of furan rings is 1. The number of benzene rings is 1. The zero-order valence-electron chi connectivity index (χ0n) is 18.0. The molecule has 2 fully saturated rings. The lowest BCUT2D eigenvalue weighted by Crippen LogP contribution is -2.37. The minimum atomic E-state index is -0.778. The van der Waals surface area contributed by atoms with E-state index in [1.165, 1.54) is 4.90 Å². The standard InChI is InChI=1S/C24H26N2O6/c1-15-4-6-18(32-15)21-20(22(27)16-5-7-17-19(14-16)31-13-12-30-17)23(28)24(29)26(21)11-10-25-8-2-3-9-25/h4-7,14,21,27H,2-3,8-13H2,1H3/b22-20+. The van der Waals surface area contributed by atoms with Crippen LogP contribution in [0.4, 0.5) is 0 Å². The molecule has 32 heavy (non-hydrogen) atoms. The van der Waals surface area contributed by atoms with Crippen molar-refractivity contribution in [1.29, 1.82) is 0 Å². The average Bonchev–Trinajstić information content (AvgIpc) is 3.53. The Balaban J connectivity index is 1.54. The molecule has 168 valence electrons. The Bertz CT molecular complexity index is 1080. The molecule has 5 rings (SSSR count). The van der Waals surface area contributed by atoms with Crippen LogP contribution >= 0.6 is 0 Å². The van der Waals surface area contributed by atoms with Gasteiger partial charge in [0.25, 0.3) is 11.7 Å². The van der Waals surface area contributed by atoms with E-state index >= 15 is 0 Å². The Labute approximate surface area is 186 Å². The number of likely N-dealkylation sites (tertiary alicyclic amines) is 2. The van der Waals surface area contributed by atoms with E-state index in [9.17, 15) is 14.7 Å². The number of aliphatic hydroxyl groups excluding tert-OH is 1. The second-order valence-electron chi connectivity index (χ2n) is 8.35. The van der Waals surface area contributed by atoms with Gasteiger partial charge in [0.2, 0.25) is 0 Å². The lowest BCUT2D eigenvalue weighted by molar-refractivity contribution is -0.140. The minimum absolute atomic E-state index is 0.0300. The fraction of sp³-hybridized carbons (Fsp3) is 0.417. The zero-order valence-corrected chi connectivity index (χ0v) is 18.0. The number of fused-ring (bicyclic) bond motifs is 1. The van der Waals surface area contributed by atoms with E-state index in [1.54, 1.807) is 37.3 Å². The lowest BCUT2D eigenvalue weighted by atomic mass is 9.99. The van der Waals surface area contributed by atoms with Crippen molar-refractivity contribution in [2.75, 3.05) is 39.4 Å². The number of rotatable bonds is 5. The van der Waals surface area contributed by atoms with Gasteiger partial charge in [-0.25, -0.2) is 0 Å². The van der Waals surface area contributed by atoms with E-state index in [4.69, 9.17) is 13.9 Å². The van der Waals surface area contributed by atoms with E-state index < -0.39 is 17.7 Å². The summed E-state index contributed by atoms with van der Waals surface area (Å²) in [6, 6.07) is 7.75. The van der Waals surface area contributed by atoms with Crippen molar-refractivity contribution in [1.82, 2.24) is 9.80 Å². The van der Waals surface area contributed by atoms with E-state index in [0.29, 0.717) is 54.9 Å². The van der Waals surface area contributed by atoms with Crippen LogP contribution in [0, 0.1) is 6.92 Å². The van der Waals surface area contributed by atoms with Gasteiger partial charge >= 0.3 is 0 Å². The predicted octanol–water partition coefficient (Wildman–Crippen LogP) is 2.88. The van der Waals surface area contributed by atoms with Crippen molar-refractivity contribution in [3.8, 4) is 11.5 Å². The summed E-state index contributed by atoms with van der Waals surface area (Å²) in [5.74, 6) is 0.626. The SMILES string of the molecule is Cc1ccc(C2/C(=C(\O)c3ccc4c(c3)OCCO4)C(=O)C(=O)N2CCN2CCCC2)o1. The van der Waals surface area contributed by atoms with Crippen LogP contribution in [0.3, 0.4) is 0 Å². The van der Waals surface area contributed by atoms with Gasteiger partial charge in [-0.3, -0.25) is 9.59 Å². The topological polar surface area (TPSA) is 92.4 Å². The van der Waals surface area contributed by atoms with Gasteiger partial charge in [0, 0.05) is 18.7 Å². The van der Waals surface area contributed by atoms with Gasteiger partial charge in [-0.1, -0.05) is 0 Å². The summed E-state index contributed by atoms with van der Waals surface area (Å²) >= 11 is 0. The molecular weight excluding hydrogens is 412 g/mol. The molecule has 2 aromatic rings. The minimum Gasteiger partial charge on any atom is -0.507 e. The summed E-state index contributed by atoms with van der Waals surface area (Å²) < 4.78 is 17.0. The Morgan fingerprint density at radius 3 is 2.50 bits per heavy atom. The number of hydrogen-bond acceptors (Lipinski definition) is 7. The van der Waals surface area contributed by atoms with Crippen LogP contribution in [0.5, 0.6) is 11.5 Å². The molecule has 1 N–H and O–H groups in total. The van der Waals surface area contributed by atoms with Crippen molar-refractivity contribution in [3.05, 3.63) is 53.0 Å². The second-order valence-corrected chi connectivity index (χ2v) is 8.35. The van der Waals surface area contributed by atoms with E-state index in [2.05, 4.69) is 4.90 Å². The van der Waals surface area contributed by atoms with Gasteiger partial charge in [-0.2, -0.15) is 0 Å². The number of aliphatic hydroxyl groups is 1. The van der Waals surface area contributed by atoms with Crippen molar-refractivity contribution in [2.24, 2.45) is 0 Å². The number of ether oxygens (including phenoxy) is 2. The first-order chi connectivity index (χ1) is 15.5. The number of aryl methyl sites for hydroxylation is 1. The molecule has 0 bridgehead atoms. The highest BCUT2D eigenvalue weighted by Gasteiger charge is 2.47. The molecule has 8 heteroatoms. The molecule has 3 aliphatic heterocycles. The molecule has 1 atom stereocenters. The second kappa shape index (κ2) is 8.35. The molecule has 0 radical (unpaired) electrons. The van der Waals surface area contributed by atoms with Gasteiger partial charge < -0.3 is 28.8 Å². The molecule has 8 nitrogen and oxygen atoms in total.